The largest absolute Gasteiger partial charge is 0.434 e. The highest BCUT2D eigenvalue weighted by Crippen LogP contribution is 2.39. The van der Waals surface area contributed by atoms with Crippen LogP contribution in [0.15, 0.2) is 46.8 Å². The van der Waals surface area contributed by atoms with Crippen molar-refractivity contribution in [3.63, 3.8) is 0 Å². The first-order valence-electron chi connectivity index (χ1n) is 12.4. The number of nitrogens with one attached hydrogen (secondary N) is 2. The van der Waals surface area contributed by atoms with Crippen LogP contribution in [0.3, 0.4) is 0 Å². The zero-order valence-electron chi connectivity index (χ0n) is 22.4. The number of carbonyl (C=O) groups is 2. The van der Waals surface area contributed by atoms with Gasteiger partial charge in [0.2, 0.25) is 11.3 Å². The highest BCUT2D eigenvalue weighted by Gasteiger charge is 2.34. The smallest absolute Gasteiger partial charge is 0.395 e. The number of nitrogens with zero attached hydrogens (tertiary/aromatic N) is 4. The molecule has 0 aliphatic rings. The number of hydrogen-bond donors (Lipinski definition) is 3. The van der Waals surface area contributed by atoms with E-state index < -0.39 is 29.1 Å². The van der Waals surface area contributed by atoms with Crippen molar-refractivity contribution >= 4 is 39.9 Å². The second-order valence-electron chi connectivity index (χ2n) is 9.41. The lowest BCUT2D eigenvalue weighted by Crippen LogP contribution is -2.34. The van der Waals surface area contributed by atoms with Gasteiger partial charge in [-0.3, -0.25) is 14.4 Å². The third-order valence-corrected chi connectivity index (χ3v) is 6.93. The number of thiazole rings is 1. The molecule has 10 nitrogen and oxygen atoms in total. The Balaban J connectivity index is 1.85. The number of amides is 2. The summed E-state index contributed by atoms with van der Waals surface area (Å²) in [6.07, 6.45) is -1.86. The van der Waals surface area contributed by atoms with Gasteiger partial charge in [0.25, 0.3) is 5.91 Å². The number of carbonyl (C=O) groups excluding carboxylic acids is 2. The fraction of sp³-hybridized carbons (Fsp3) is 0.296. The van der Waals surface area contributed by atoms with Gasteiger partial charge in [0.1, 0.15) is 16.4 Å². The number of aromatic nitrogens is 3. The van der Waals surface area contributed by atoms with Crippen molar-refractivity contribution in [1.29, 1.82) is 0 Å². The van der Waals surface area contributed by atoms with Gasteiger partial charge in [-0.2, -0.15) is 13.2 Å². The topological polar surface area (TPSA) is 129 Å². The fourth-order valence-corrected chi connectivity index (χ4v) is 5.00. The van der Waals surface area contributed by atoms with Crippen LogP contribution in [-0.2, 0) is 17.5 Å². The molecule has 3 N–H and O–H groups in total. The number of alkyl halides is 3. The Morgan fingerprint density at radius 3 is 2.56 bits per heavy atom. The summed E-state index contributed by atoms with van der Waals surface area (Å²) in [6, 6.07) is 6.18. The van der Waals surface area contributed by atoms with Crippen LogP contribution in [0.4, 0.5) is 19.0 Å². The second-order valence-corrected chi connectivity index (χ2v) is 10.3. The molecule has 0 bridgehead atoms. The van der Waals surface area contributed by atoms with Crippen LogP contribution in [0.2, 0.25) is 0 Å². The van der Waals surface area contributed by atoms with Gasteiger partial charge in [0.15, 0.2) is 5.69 Å². The van der Waals surface area contributed by atoms with Gasteiger partial charge in [-0.25, -0.2) is 9.97 Å². The Morgan fingerprint density at radius 2 is 1.93 bits per heavy atom. The Kier molecular flexibility index (Phi) is 8.85. The number of likely N-dealkylation sites (N-methyl/N-ethyl adjacent to an activating group) is 1. The normalized spacial score (nSPS) is 11.7. The molecule has 0 atom stereocenters. The molecule has 0 saturated heterocycles. The van der Waals surface area contributed by atoms with E-state index in [-0.39, 0.29) is 40.5 Å². The summed E-state index contributed by atoms with van der Waals surface area (Å²) in [5.41, 5.74) is -0.0490. The summed E-state index contributed by atoms with van der Waals surface area (Å²) < 4.78 is 41.5. The third kappa shape index (κ3) is 6.78. The molecule has 0 aliphatic heterocycles. The molecule has 3 heterocycles. The van der Waals surface area contributed by atoms with E-state index in [0.29, 0.717) is 29.7 Å². The number of aliphatic hydroxyl groups is 1. The molecule has 0 unspecified atom stereocenters. The lowest BCUT2D eigenvalue weighted by atomic mass is 9.99. The molecule has 1 aromatic carbocycles. The molecule has 2 amide bonds. The molecular weight excluding hydrogens is 561 g/mol. The van der Waals surface area contributed by atoms with Crippen LogP contribution >= 0.6 is 11.3 Å². The molecule has 0 saturated carbocycles. The van der Waals surface area contributed by atoms with Crippen LogP contribution in [0.25, 0.3) is 32.6 Å². The van der Waals surface area contributed by atoms with E-state index in [1.165, 1.54) is 31.5 Å². The van der Waals surface area contributed by atoms with Gasteiger partial charge in [0, 0.05) is 60.8 Å². The minimum atomic E-state index is -4.64. The standard InChI is InChI=1S/C27H27F3N6O4S/c1-15(38)33-23-11-18(26-34-22(14-41-26)27(28,29)30)19(12-32-23)16-4-5-17-21(10-16)36(8-9-37)13-20(24(17)39)25(40)31-6-7-35(2)3/h4-5,10-14,37H,6-9H2,1-3H3,(H,31,40)(H,32,33,38). The summed E-state index contributed by atoms with van der Waals surface area (Å²) in [4.78, 5) is 47.6. The van der Waals surface area contributed by atoms with Crippen molar-refractivity contribution in [1.82, 2.24) is 24.8 Å². The summed E-state index contributed by atoms with van der Waals surface area (Å²) in [5.74, 6) is -0.826. The van der Waals surface area contributed by atoms with Crippen molar-refractivity contribution in [2.45, 2.75) is 19.6 Å². The lowest BCUT2D eigenvalue weighted by molar-refractivity contribution is -0.140. The van der Waals surface area contributed by atoms with E-state index in [0.717, 1.165) is 16.7 Å². The third-order valence-electron chi connectivity index (χ3n) is 6.06. The average molecular weight is 589 g/mol. The molecule has 0 spiro atoms. The first-order valence-corrected chi connectivity index (χ1v) is 13.3. The second kappa shape index (κ2) is 12.2. The van der Waals surface area contributed by atoms with E-state index in [1.54, 1.807) is 16.7 Å². The molecule has 0 radical (unpaired) electrons. The highest BCUT2D eigenvalue weighted by molar-refractivity contribution is 7.13. The average Bonchev–Trinajstić information content (AvgIpc) is 3.41. The SMILES string of the molecule is CC(=O)Nc1cc(-c2nc(C(F)(F)F)cs2)c(-c2ccc3c(=O)c(C(=O)NCCN(C)C)cn(CCO)c3c2)cn1. The van der Waals surface area contributed by atoms with E-state index in [2.05, 4.69) is 20.6 Å². The van der Waals surface area contributed by atoms with Gasteiger partial charge in [-0.05, 0) is 37.9 Å². The Hall–Kier alpha value is -4.14. The highest BCUT2D eigenvalue weighted by atomic mass is 32.1. The number of pyridine rings is 2. The number of halogens is 3. The number of fused-ring (bicyclic) bond motifs is 1. The zero-order valence-corrected chi connectivity index (χ0v) is 23.2. The molecule has 216 valence electrons. The molecule has 0 fully saturated rings. The van der Waals surface area contributed by atoms with Crippen LogP contribution < -0.4 is 16.1 Å². The molecule has 4 aromatic rings. The molecule has 4 rings (SSSR count). The molecule has 41 heavy (non-hydrogen) atoms. The predicted octanol–water partition coefficient (Wildman–Crippen LogP) is 3.45. The van der Waals surface area contributed by atoms with Crippen LogP contribution in [-0.4, -0.2) is 70.1 Å². The minimum Gasteiger partial charge on any atom is -0.395 e. The maximum absolute atomic E-state index is 13.3. The zero-order chi connectivity index (χ0) is 29.9. The van der Waals surface area contributed by atoms with E-state index in [1.807, 2.05) is 19.0 Å². The number of aliphatic hydroxyl groups excluding tert-OH is 1. The van der Waals surface area contributed by atoms with Crippen LogP contribution in [0.5, 0.6) is 0 Å². The van der Waals surface area contributed by atoms with Crippen molar-refractivity contribution in [3.05, 3.63) is 63.5 Å². The lowest BCUT2D eigenvalue weighted by Gasteiger charge is -2.16. The van der Waals surface area contributed by atoms with Gasteiger partial charge < -0.3 is 25.2 Å². The minimum absolute atomic E-state index is 0.0546. The van der Waals surface area contributed by atoms with E-state index >= 15 is 0 Å². The Morgan fingerprint density at radius 1 is 1.17 bits per heavy atom. The van der Waals surface area contributed by atoms with Crippen LogP contribution in [0, 0.1) is 0 Å². The monoisotopic (exact) mass is 588 g/mol. The number of anilines is 1. The fourth-order valence-electron chi connectivity index (χ4n) is 4.14. The van der Waals surface area contributed by atoms with Gasteiger partial charge in [-0.15, -0.1) is 11.3 Å². The Labute approximate surface area is 236 Å². The quantitative estimate of drug-likeness (QED) is 0.273. The van der Waals surface area contributed by atoms with Crippen molar-refractivity contribution < 1.29 is 27.9 Å². The summed E-state index contributed by atoms with van der Waals surface area (Å²) >= 11 is 0.789. The van der Waals surface area contributed by atoms with Gasteiger partial charge >= 0.3 is 6.18 Å². The van der Waals surface area contributed by atoms with Crippen molar-refractivity contribution in [2.24, 2.45) is 0 Å². The first kappa shape index (κ1) is 29.8. The summed E-state index contributed by atoms with van der Waals surface area (Å²) in [6.45, 7) is 1.99. The van der Waals surface area contributed by atoms with E-state index in [4.69, 9.17) is 0 Å². The number of hydrogen-bond acceptors (Lipinski definition) is 8. The number of benzene rings is 1. The van der Waals surface area contributed by atoms with Crippen molar-refractivity contribution in [3.8, 4) is 21.7 Å². The van der Waals surface area contributed by atoms with Crippen LogP contribution in [0.1, 0.15) is 23.0 Å². The summed E-state index contributed by atoms with van der Waals surface area (Å²) in [5, 5.41) is 16.1. The summed E-state index contributed by atoms with van der Waals surface area (Å²) in [7, 11) is 3.71. The molecule has 14 heteroatoms. The first-order chi connectivity index (χ1) is 19.4. The maximum atomic E-state index is 13.3. The van der Waals surface area contributed by atoms with Gasteiger partial charge in [-0.1, -0.05) is 6.07 Å². The molecular formula is C27H27F3N6O4S. The predicted molar refractivity (Wildman–Crippen MR) is 150 cm³/mol. The van der Waals surface area contributed by atoms with E-state index in [9.17, 15) is 32.7 Å². The molecule has 0 aliphatic carbocycles. The maximum Gasteiger partial charge on any atom is 0.434 e. The molecule has 3 aromatic heterocycles. The van der Waals surface area contributed by atoms with Gasteiger partial charge in [0.05, 0.1) is 12.1 Å². The number of rotatable bonds is 9. The van der Waals surface area contributed by atoms with Crippen molar-refractivity contribution in [2.75, 3.05) is 39.1 Å². The Bertz CT molecular complexity index is 1670.